The number of anilines is 2. The summed E-state index contributed by atoms with van der Waals surface area (Å²) in [7, 11) is 1.59. The SMILES string of the molecule is COc1ccc2c(c1)C=CC1C3C(=O)N(c4ccc(OC(C)=O)cc4)C(=O)C3C(C(=O)C(C)(C)C)N21. The Kier molecular flexibility index (Phi) is 5.50. The van der Waals surface area contributed by atoms with Crippen molar-refractivity contribution in [3.8, 4) is 11.5 Å². The number of carbonyl (C=O) groups excluding carboxylic acids is 4. The highest BCUT2D eigenvalue weighted by Gasteiger charge is 2.65. The molecule has 0 radical (unpaired) electrons. The van der Waals surface area contributed by atoms with Crippen molar-refractivity contribution in [3.05, 3.63) is 54.1 Å². The largest absolute Gasteiger partial charge is 0.497 e. The molecule has 186 valence electrons. The Hall–Kier alpha value is -3.94. The van der Waals surface area contributed by atoms with Gasteiger partial charge in [-0.3, -0.25) is 19.2 Å². The molecular formula is C28H28N2O6. The topological polar surface area (TPSA) is 93.2 Å². The van der Waals surface area contributed by atoms with E-state index in [2.05, 4.69) is 0 Å². The average molecular weight is 489 g/mol. The Morgan fingerprint density at radius 1 is 0.917 bits per heavy atom. The maximum atomic E-state index is 13.9. The molecule has 3 aliphatic rings. The highest BCUT2D eigenvalue weighted by Crippen LogP contribution is 2.51. The number of esters is 1. The first-order chi connectivity index (χ1) is 17.0. The minimum Gasteiger partial charge on any atom is -0.497 e. The Morgan fingerprint density at radius 2 is 1.56 bits per heavy atom. The van der Waals surface area contributed by atoms with E-state index in [9.17, 15) is 19.2 Å². The van der Waals surface area contributed by atoms with Crippen LogP contribution in [-0.2, 0) is 19.2 Å². The maximum absolute atomic E-state index is 13.9. The number of ketones is 1. The highest BCUT2D eigenvalue weighted by atomic mass is 16.5. The summed E-state index contributed by atoms with van der Waals surface area (Å²) in [6.07, 6.45) is 3.84. The quantitative estimate of drug-likeness (QED) is 0.369. The maximum Gasteiger partial charge on any atom is 0.308 e. The number of rotatable bonds is 4. The summed E-state index contributed by atoms with van der Waals surface area (Å²) >= 11 is 0. The van der Waals surface area contributed by atoms with Crippen molar-refractivity contribution in [2.75, 3.05) is 16.9 Å². The first-order valence-corrected chi connectivity index (χ1v) is 11.9. The average Bonchev–Trinajstić information content (AvgIpc) is 3.30. The number of hydrogen-bond donors (Lipinski definition) is 0. The van der Waals surface area contributed by atoms with Gasteiger partial charge in [-0.1, -0.05) is 32.9 Å². The van der Waals surface area contributed by atoms with Gasteiger partial charge < -0.3 is 14.4 Å². The second kappa shape index (κ2) is 8.33. The van der Waals surface area contributed by atoms with Gasteiger partial charge in [0.1, 0.15) is 17.5 Å². The van der Waals surface area contributed by atoms with E-state index in [1.54, 1.807) is 31.4 Å². The van der Waals surface area contributed by atoms with Crippen molar-refractivity contribution in [2.45, 2.75) is 39.8 Å². The van der Waals surface area contributed by atoms with Crippen molar-refractivity contribution in [1.82, 2.24) is 0 Å². The molecule has 4 atom stereocenters. The van der Waals surface area contributed by atoms with E-state index in [-0.39, 0.29) is 11.7 Å². The summed E-state index contributed by atoms with van der Waals surface area (Å²) in [5, 5.41) is 0. The third-order valence-electron chi connectivity index (χ3n) is 7.08. The van der Waals surface area contributed by atoms with Gasteiger partial charge in [0.15, 0.2) is 5.78 Å². The molecule has 2 aromatic carbocycles. The highest BCUT2D eigenvalue weighted by molar-refractivity contribution is 6.25. The van der Waals surface area contributed by atoms with Crippen molar-refractivity contribution in [3.63, 3.8) is 0 Å². The molecule has 36 heavy (non-hydrogen) atoms. The van der Waals surface area contributed by atoms with Crippen LogP contribution in [0.4, 0.5) is 11.4 Å². The van der Waals surface area contributed by atoms with E-state index in [0.717, 1.165) is 11.3 Å². The minimum absolute atomic E-state index is 0.0923. The number of benzene rings is 2. The van der Waals surface area contributed by atoms with Gasteiger partial charge in [-0.15, -0.1) is 0 Å². The first-order valence-electron chi connectivity index (χ1n) is 11.9. The summed E-state index contributed by atoms with van der Waals surface area (Å²) in [4.78, 5) is 55.8. The zero-order valence-electron chi connectivity index (χ0n) is 20.8. The number of hydrogen-bond acceptors (Lipinski definition) is 7. The minimum atomic E-state index is -0.819. The molecule has 0 aliphatic carbocycles. The molecular weight excluding hydrogens is 460 g/mol. The molecule has 8 nitrogen and oxygen atoms in total. The van der Waals surface area contributed by atoms with Crippen LogP contribution in [-0.4, -0.2) is 42.8 Å². The molecule has 0 N–H and O–H groups in total. The smallest absolute Gasteiger partial charge is 0.308 e. The van der Waals surface area contributed by atoms with Gasteiger partial charge >= 0.3 is 5.97 Å². The molecule has 0 spiro atoms. The molecule has 3 heterocycles. The van der Waals surface area contributed by atoms with Gasteiger partial charge in [0.2, 0.25) is 11.8 Å². The second-order valence-corrected chi connectivity index (χ2v) is 10.4. The third kappa shape index (κ3) is 3.59. The molecule has 5 rings (SSSR count). The lowest BCUT2D eigenvalue weighted by molar-refractivity contribution is -0.132. The van der Waals surface area contributed by atoms with E-state index in [1.165, 1.54) is 11.8 Å². The van der Waals surface area contributed by atoms with Crippen molar-refractivity contribution < 1.29 is 28.7 Å². The van der Waals surface area contributed by atoms with Gasteiger partial charge in [0.25, 0.3) is 0 Å². The molecule has 4 unspecified atom stereocenters. The molecule has 8 heteroatoms. The number of nitrogens with zero attached hydrogens (tertiary/aromatic N) is 2. The van der Waals surface area contributed by atoms with Crippen molar-refractivity contribution >= 4 is 41.0 Å². The summed E-state index contributed by atoms with van der Waals surface area (Å²) in [5.41, 5.74) is 1.34. The zero-order chi connectivity index (χ0) is 25.9. The lowest BCUT2D eigenvalue weighted by atomic mass is 9.79. The summed E-state index contributed by atoms with van der Waals surface area (Å²) in [5.74, 6) is -1.81. The van der Waals surface area contributed by atoms with E-state index < -0.39 is 41.2 Å². The zero-order valence-corrected chi connectivity index (χ0v) is 20.8. The number of ether oxygens (including phenoxy) is 2. The standard InChI is InChI=1S/C28H28N2O6/c1-15(31)36-18-9-7-17(8-10-18)29-26(33)22-21-12-6-16-14-19(35-5)11-13-20(16)30(21)24(23(22)27(29)34)25(32)28(2,3)4/h6-14,21-24H,1-5H3. The van der Waals surface area contributed by atoms with Crippen LogP contribution in [0.5, 0.6) is 11.5 Å². The van der Waals surface area contributed by atoms with Crippen molar-refractivity contribution in [2.24, 2.45) is 17.3 Å². The fourth-order valence-corrected chi connectivity index (χ4v) is 5.51. The predicted octanol–water partition coefficient (Wildman–Crippen LogP) is 3.63. The van der Waals surface area contributed by atoms with Crippen LogP contribution in [0.1, 0.15) is 33.3 Å². The molecule has 0 aromatic heterocycles. The van der Waals surface area contributed by atoms with E-state index in [0.29, 0.717) is 17.2 Å². The normalized spacial score (nSPS) is 24.4. The number of amides is 2. The van der Waals surface area contributed by atoms with Gasteiger partial charge in [-0.25, -0.2) is 4.90 Å². The molecule has 3 aliphatic heterocycles. The lowest BCUT2D eigenvalue weighted by Gasteiger charge is -2.38. The number of fused-ring (bicyclic) bond motifs is 5. The van der Waals surface area contributed by atoms with Crippen LogP contribution < -0.4 is 19.3 Å². The van der Waals surface area contributed by atoms with Crippen LogP contribution in [0.3, 0.4) is 0 Å². The van der Waals surface area contributed by atoms with Crippen LogP contribution in [0, 0.1) is 17.3 Å². The predicted molar refractivity (Wildman–Crippen MR) is 134 cm³/mol. The fourth-order valence-electron chi connectivity index (χ4n) is 5.51. The number of carbonyl (C=O) groups is 4. The van der Waals surface area contributed by atoms with E-state index in [1.807, 2.05) is 56.0 Å². The first kappa shape index (κ1) is 23.8. The molecule has 0 bridgehead atoms. The molecule has 2 fully saturated rings. The number of imide groups is 1. The summed E-state index contributed by atoms with van der Waals surface area (Å²) in [6.45, 7) is 6.80. The van der Waals surface area contributed by atoms with Gasteiger partial charge in [-0.2, -0.15) is 0 Å². The Labute approximate surface area is 209 Å². The molecule has 0 saturated carbocycles. The van der Waals surface area contributed by atoms with E-state index >= 15 is 0 Å². The lowest BCUT2D eigenvalue weighted by Crippen LogP contribution is -2.51. The fraction of sp³-hybridized carbons (Fsp3) is 0.357. The Balaban J connectivity index is 1.58. The molecule has 2 saturated heterocycles. The van der Waals surface area contributed by atoms with Crippen LogP contribution >= 0.6 is 0 Å². The number of methoxy groups -OCH3 is 1. The Morgan fingerprint density at radius 3 is 2.17 bits per heavy atom. The van der Waals surface area contributed by atoms with Gasteiger partial charge in [0.05, 0.1) is 30.7 Å². The van der Waals surface area contributed by atoms with Gasteiger partial charge in [0, 0.05) is 23.6 Å². The molecule has 2 amide bonds. The van der Waals surface area contributed by atoms with Crippen molar-refractivity contribution in [1.29, 1.82) is 0 Å². The molecule has 2 aromatic rings. The third-order valence-corrected chi connectivity index (χ3v) is 7.08. The van der Waals surface area contributed by atoms with Crippen LogP contribution in [0.15, 0.2) is 48.5 Å². The van der Waals surface area contributed by atoms with Crippen LogP contribution in [0.2, 0.25) is 0 Å². The monoisotopic (exact) mass is 488 g/mol. The Bertz CT molecular complexity index is 1310. The number of Topliss-reactive ketones (excluding diaryl/α,β-unsaturated/α-hetero) is 1. The van der Waals surface area contributed by atoms with E-state index in [4.69, 9.17) is 9.47 Å². The van der Waals surface area contributed by atoms with Crippen LogP contribution in [0.25, 0.3) is 6.08 Å². The van der Waals surface area contributed by atoms with Gasteiger partial charge in [-0.05, 0) is 42.5 Å². The second-order valence-electron chi connectivity index (χ2n) is 10.4. The summed E-state index contributed by atoms with van der Waals surface area (Å²) in [6, 6.07) is 10.6. The summed E-state index contributed by atoms with van der Waals surface area (Å²) < 4.78 is 10.4.